The Kier molecular flexibility index (Phi) is 31.7. The number of nitrogens with two attached hydrogens (primary N) is 1. The SMILES string of the molecule is CC(C)(C)OC(=O)N1CCn2ncc(C(=O)NC3(c4ncccn4)CC3)c2C1.CC(C)(C)OC(=O)NC1(c2ncc(Br)cn2)CC1.Cc1cnc(C2(N)CC2)nc1.Cc1cnc(C2(NC(=O)OC(C)(C)C)CC2)nc1.Cc1cnc(C2(NC(=O)c3cnn4c3CN(C(=O)OC(C)(C)C)CC4)CC2)nc1.O=C=O.O=C=O.O=C=O.O=C=O. The molecule has 0 atom stereocenters. The number of carbonyl (C=O) groups excluding carboxylic acids is 14. The average molecular weight is 1670 g/mol. The van der Waals surface area contributed by atoms with Crippen LogP contribution in [0.25, 0.3) is 0 Å². The minimum absolute atomic E-state index is 0.187. The zero-order valence-corrected chi connectivity index (χ0v) is 68.9. The van der Waals surface area contributed by atoms with Gasteiger partial charge in [0, 0.05) is 75.1 Å². The molecule has 9 heterocycles. The number of nitrogens with one attached hydrogen (secondary N) is 4. The van der Waals surface area contributed by atoms with Gasteiger partial charge in [-0.25, -0.2) is 69.0 Å². The van der Waals surface area contributed by atoms with Crippen molar-refractivity contribution in [2.24, 2.45) is 5.73 Å². The molecule has 40 heteroatoms. The largest absolute Gasteiger partial charge is 0.444 e. The Morgan fingerprint density at radius 3 is 0.931 bits per heavy atom. The molecule has 0 radical (unpaired) electrons. The van der Waals surface area contributed by atoms with Crippen LogP contribution in [0.2, 0.25) is 0 Å². The van der Waals surface area contributed by atoms with E-state index in [2.05, 4.69) is 97.2 Å². The first-order valence-electron chi connectivity index (χ1n) is 36.5. The van der Waals surface area contributed by atoms with Crippen LogP contribution >= 0.6 is 15.9 Å². The van der Waals surface area contributed by atoms with Gasteiger partial charge in [0.05, 0.1) is 71.1 Å². The highest BCUT2D eigenvalue weighted by Gasteiger charge is 2.53. The maximum atomic E-state index is 13.0. The van der Waals surface area contributed by atoms with Crippen LogP contribution in [-0.4, -0.2) is 175 Å². The third-order valence-electron chi connectivity index (χ3n) is 17.2. The van der Waals surface area contributed by atoms with Crippen molar-refractivity contribution >= 4 is 76.7 Å². The molecule has 7 aliphatic rings. The number of nitrogens with zero attached hydrogens (tertiary/aromatic N) is 16. The molecule has 7 aromatic rings. The molecule has 0 spiro atoms. The molecule has 14 rings (SSSR count). The molecule has 6 N–H and O–H groups in total. The molecule has 620 valence electrons. The summed E-state index contributed by atoms with van der Waals surface area (Å²) in [7, 11) is 0. The number of aromatic nitrogens is 14. The Bertz CT molecular complexity index is 4510. The highest BCUT2D eigenvalue weighted by Crippen LogP contribution is 2.47. The quantitative estimate of drug-likeness (QED) is 0.0785. The van der Waals surface area contributed by atoms with E-state index < -0.39 is 56.7 Å². The topological polar surface area (TPSA) is 521 Å². The zero-order chi connectivity index (χ0) is 86.3. The van der Waals surface area contributed by atoms with Crippen LogP contribution in [0.4, 0.5) is 19.2 Å². The van der Waals surface area contributed by atoms with Crippen LogP contribution in [-0.2, 0) is 111 Å². The van der Waals surface area contributed by atoms with Gasteiger partial charge in [-0.1, -0.05) is 0 Å². The van der Waals surface area contributed by atoms with Crippen molar-refractivity contribution in [3.8, 4) is 0 Å². The van der Waals surface area contributed by atoms with E-state index in [1.165, 1.54) is 0 Å². The van der Waals surface area contributed by atoms with Gasteiger partial charge in [-0.15, -0.1) is 0 Å². The monoisotopic (exact) mass is 1670 g/mol. The lowest BCUT2D eigenvalue weighted by Crippen LogP contribution is -2.42. The summed E-state index contributed by atoms with van der Waals surface area (Å²) < 4.78 is 25.8. The number of alkyl carbamates (subject to hydrolysis) is 2. The standard InChI is InChI=1S/C20H26N6O3.C19H24N6O3.C13H19N3O2.C12H16BrN3O2.C8H11N3.4CO2/c1-13-9-21-17(22-10-13)20(5-6-20)24-16(27)14-11-23-26-8-7-25(12-15(14)26)18(28)29-19(2,3)4;1-18(2,3)28-17(27)24-9-10-25-14(12-24)13(11-22-25)15(26)23-19(5-6-19)16-20-7-4-8-21-16;1-9-7-14-10(15-8-9)13(5-6-13)16-11(17)18-12(2,3)4;1-11(2,3)18-10(17)16-12(4-5-12)9-14-6-8(13)7-15-9;1-6-4-10-7(11-5-6)8(9)2-3-8;4*2-1-3/h9-11H,5-8,12H2,1-4H3,(H,24,27);4,7-8,11H,5-6,9-10,12H2,1-3H3,(H,23,26);7-8H,5-6H2,1-4H3,(H,16,17);6-7H,4-5H2,1-3H3,(H,16,17);4-5H,2-3,9H2,1H3;;;;. The number of carbonyl (C=O) groups is 6. The summed E-state index contributed by atoms with van der Waals surface area (Å²) in [6.45, 7) is 30.5. The van der Waals surface area contributed by atoms with E-state index in [-0.39, 0.29) is 67.2 Å². The summed E-state index contributed by atoms with van der Waals surface area (Å²) in [5, 5.41) is 20.5. The summed E-state index contributed by atoms with van der Waals surface area (Å²) in [5.74, 6) is 2.91. The number of rotatable bonds is 11. The molecule has 5 saturated carbocycles. The molecule has 0 saturated heterocycles. The van der Waals surface area contributed by atoms with Crippen LogP contribution in [0, 0.1) is 20.8 Å². The molecule has 116 heavy (non-hydrogen) atoms. The number of fused-ring (bicyclic) bond motifs is 2. The van der Waals surface area contributed by atoms with E-state index in [4.69, 9.17) is 63.0 Å². The van der Waals surface area contributed by atoms with Gasteiger partial charge in [-0.3, -0.25) is 19.0 Å². The summed E-state index contributed by atoms with van der Waals surface area (Å²) in [6.07, 6.45) is 28.5. The molecule has 5 fully saturated rings. The van der Waals surface area contributed by atoms with Gasteiger partial charge in [0.1, 0.15) is 50.4 Å². The van der Waals surface area contributed by atoms with Crippen LogP contribution in [0.1, 0.15) is 225 Å². The fraction of sp³-hybridized carbons (Fsp3) is 0.526. The summed E-state index contributed by atoms with van der Waals surface area (Å²) >= 11 is 3.29. The second-order valence-corrected chi connectivity index (χ2v) is 32.7. The number of ether oxygens (including phenoxy) is 4. The smallest absolute Gasteiger partial charge is 0.410 e. The Balaban J connectivity index is 0.000000223. The van der Waals surface area contributed by atoms with Crippen molar-refractivity contribution in [3.05, 3.63) is 153 Å². The molecule has 0 unspecified atom stereocenters. The number of amides is 6. The summed E-state index contributed by atoms with van der Waals surface area (Å²) in [6, 6.07) is 1.75. The first-order chi connectivity index (χ1) is 54.4. The number of hydrogen-bond donors (Lipinski definition) is 5. The number of hydrogen-bond acceptors (Lipinski definition) is 31. The minimum Gasteiger partial charge on any atom is -0.444 e. The van der Waals surface area contributed by atoms with Crippen molar-refractivity contribution in [1.29, 1.82) is 0 Å². The van der Waals surface area contributed by atoms with Crippen molar-refractivity contribution in [2.45, 2.75) is 244 Å². The van der Waals surface area contributed by atoms with Crippen LogP contribution < -0.4 is 27.0 Å². The lowest BCUT2D eigenvalue weighted by atomic mass is 10.1. The molecule has 7 aromatic heterocycles. The van der Waals surface area contributed by atoms with Crippen molar-refractivity contribution in [3.63, 3.8) is 0 Å². The second-order valence-electron chi connectivity index (χ2n) is 31.8. The Hall–Kier alpha value is -12.2. The fourth-order valence-corrected chi connectivity index (χ4v) is 11.1. The fourth-order valence-electron chi connectivity index (χ4n) is 10.9. The van der Waals surface area contributed by atoms with Gasteiger partial charge < -0.3 is 55.7 Å². The molecule has 0 aromatic carbocycles. The van der Waals surface area contributed by atoms with Gasteiger partial charge >= 0.3 is 49.0 Å². The molecular formula is C76H96BrN21O18. The number of halogens is 1. The molecule has 0 bridgehead atoms. The second kappa shape index (κ2) is 39.7. The maximum absolute atomic E-state index is 13.0. The Labute approximate surface area is 676 Å². The third kappa shape index (κ3) is 28.4. The van der Waals surface area contributed by atoms with Gasteiger partial charge in [0.2, 0.25) is 0 Å². The van der Waals surface area contributed by atoms with E-state index in [9.17, 15) is 28.8 Å². The van der Waals surface area contributed by atoms with E-state index in [0.717, 1.165) is 91.2 Å². The predicted octanol–water partition coefficient (Wildman–Crippen LogP) is 7.44. The molecule has 39 nitrogen and oxygen atoms in total. The molecular weight excluding hydrogens is 1570 g/mol. The summed E-state index contributed by atoms with van der Waals surface area (Å²) in [4.78, 5) is 185. The Morgan fingerprint density at radius 1 is 0.388 bits per heavy atom. The minimum atomic E-state index is -0.568. The van der Waals surface area contributed by atoms with Gasteiger partial charge in [-0.2, -0.15) is 48.6 Å². The first kappa shape index (κ1) is 92.7. The lowest BCUT2D eigenvalue weighted by Gasteiger charge is -2.30. The van der Waals surface area contributed by atoms with Crippen molar-refractivity contribution in [1.82, 2.24) is 100 Å². The van der Waals surface area contributed by atoms with Crippen LogP contribution in [0.15, 0.2) is 84.9 Å². The van der Waals surface area contributed by atoms with Gasteiger partial charge in [0.25, 0.3) is 11.8 Å². The molecule has 2 aliphatic heterocycles. The van der Waals surface area contributed by atoms with Crippen molar-refractivity contribution in [2.75, 3.05) is 13.1 Å². The van der Waals surface area contributed by atoms with Crippen LogP contribution in [0.5, 0.6) is 0 Å². The summed E-state index contributed by atoms with van der Waals surface area (Å²) in [5.41, 5.74) is 7.11. The van der Waals surface area contributed by atoms with E-state index in [0.29, 0.717) is 72.0 Å². The van der Waals surface area contributed by atoms with E-state index in [1.807, 2.05) is 116 Å². The first-order valence-corrected chi connectivity index (χ1v) is 37.3. The highest BCUT2D eigenvalue weighted by atomic mass is 79.9. The predicted molar refractivity (Wildman–Crippen MR) is 402 cm³/mol. The lowest BCUT2D eigenvalue weighted by molar-refractivity contribution is -0.193. The third-order valence-corrected chi connectivity index (χ3v) is 17.6. The van der Waals surface area contributed by atoms with E-state index >= 15 is 0 Å². The highest BCUT2D eigenvalue weighted by molar-refractivity contribution is 9.10. The zero-order valence-electron chi connectivity index (χ0n) is 67.3. The average Bonchev–Trinajstić information content (AvgIpc) is 1.63. The Morgan fingerprint density at radius 2 is 0.655 bits per heavy atom. The molecule has 6 amide bonds. The van der Waals surface area contributed by atoms with Crippen molar-refractivity contribution < 1.29 is 86.1 Å². The van der Waals surface area contributed by atoms with Crippen LogP contribution in [0.3, 0.4) is 0 Å². The van der Waals surface area contributed by atoms with Gasteiger partial charge in [-0.05, 0) is 207 Å². The maximum Gasteiger partial charge on any atom is 0.410 e. The normalized spacial score (nSPS) is 16.1. The molecule has 5 aliphatic carbocycles. The number of aryl methyl sites for hydroxylation is 3. The van der Waals surface area contributed by atoms with E-state index in [1.54, 1.807) is 87.2 Å². The van der Waals surface area contributed by atoms with Gasteiger partial charge in [0.15, 0.2) is 23.3 Å².